The van der Waals surface area contributed by atoms with Gasteiger partial charge in [0.2, 0.25) is 0 Å². The van der Waals surface area contributed by atoms with Crippen LogP contribution in [0.25, 0.3) is 0 Å². The summed E-state index contributed by atoms with van der Waals surface area (Å²) < 4.78 is 16.0. The number of para-hydroxylation sites is 1. The van der Waals surface area contributed by atoms with E-state index in [1.807, 2.05) is 0 Å². The molecule has 8 nitrogen and oxygen atoms in total. The topological polar surface area (TPSA) is 126 Å². The van der Waals surface area contributed by atoms with E-state index in [2.05, 4.69) is 5.32 Å². The summed E-state index contributed by atoms with van der Waals surface area (Å²) in [4.78, 5) is 26.2. The Morgan fingerprint density at radius 1 is 0.906 bits per heavy atom. The number of hydrogen-bond acceptors (Lipinski definition) is 7. The van der Waals surface area contributed by atoms with E-state index in [-0.39, 0.29) is 35.9 Å². The van der Waals surface area contributed by atoms with Crippen LogP contribution in [0.1, 0.15) is 26.3 Å². The molecule has 0 aliphatic heterocycles. The Morgan fingerprint density at radius 2 is 1.59 bits per heavy atom. The van der Waals surface area contributed by atoms with Crippen LogP contribution < -0.4 is 31.0 Å². The smallest absolute Gasteiger partial charge is 0.255 e. The molecule has 0 saturated heterocycles. The molecule has 166 valence electrons. The Balaban J connectivity index is 1.96. The van der Waals surface area contributed by atoms with Crippen LogP contribution in [0.15, 0.2) is 60.7 Å². The van der Waals surface area contributed by atoms with Crippen LogP contribution in [-0.2, 0) is 0 Å². The molecule has 0 aliphatic rings. The minimum atomic E-state index is -0.408. The van der Waals surface area contributed by atoms with Crippen molar-refractivity contribution in [1.82, 2.24) is 0 Å². The molecule has 32 heavy (non-hydrogen) atoms. The normalized spacial score (nSPS) is 10.3. The highest BCUT2D eigenvalue weighted by Crippen LogP contribution is 2.32. The largest absolute Gasteiger partial charge is 0.497 e. The molecule has 0 atom stereocenters. The van der Waals surface area contributed by atoms with Crippen LogP contribution in [0.3, 0.4) is 0 Å². The van der Waals surface area contributed by atoms with Gasteiger partial charge in [-0.25, -0.2) is 0 Å². The number of anilines is 2. The fourth-order valence-electron chi connectivity index (χ4n) is 3.08. The van der Waals surface area contributed by atoms with Gasteiger partial charge in [0.15, 0.2) is 5.78 Å². The summed E-state index contributed by atoms with van der Waals surface area (Å²) in [5, 5.41) is 2.76. The average molecular weight is 435 g/mol. The fraction of sp³-hybridized carbons (Fsp3) is 0.167. The van der Waals surface area contributed by atoms with Gasteiger partial charge in [0, 0.05) is 23.7 Å². The van der Waals surface area contributed by atoms with Crippen LogP contribution in [0, 0.1) is 0 Å². The summed E-state index contributed by atoms with van der Waals surface area (Å²) in [6.07, 6.45) is 0. The van der Waals surface area contributed by atoms with Crippen LogP contribution in [-0.4, -0.2) is 39.1 Å². The number of hydrogen-bond donors (Lipinski definition) is 3. The highest BCUT2D eigenvalue weighted by molar-refractivity contribution is 6.18. The quantitative estimate of drug-likeness (QED) is 0.348. The van der Waals surface area contributed by atoms with E-state index >= 15 is 0 Å². The van der Waals surface area contributed by atoms with E-state index in [0.717, 1.165) is 0 Å². The molecule has 3 aromatic carbocycles. The molecule has 0 fully saturated rings. The SMILES string of the molecule is COc1ccc(C(=O)Nc2c(N)cccc2C(=O)c2ccc(OC)cc2OCCN)cc1. The van der Waals surface area contributed by atoms with Gasteiger partial charge in [0.05, 0.1) is 31.2 Å². The van der Waals surface area contributed by atoms with E-state index in [4.69, 9.17) is 25.7 Å². The number of nitrogens with one attached hydrogen (secondary N) is 1. The second kappa shape index (κ2) is 10.3. The van der Waals surface area contributed by atoms with Crippen molar-refractivity contribution in [1.29, 1.82) is 0 Å². The number of nitrogens with two attached hydrogens (primary N) is 2. The predicted octanol–water partition coefficient (Wildman–Crippen LogP) is 3.11. The van der Waals surface area contributed by atoms with Crippen molar-refractivity contribution in [2.24, 2.45) is 5.73 Å². The Hall–Kier alpha value is -4.04. The summed E-state index contributed by atoms with van der Waals surface area (Å²) >= 11 is 0. The molecule has 3 aromatic rings. The predicted molar refractivity (Wildman–Crippen MR) is 123 cm³/mol. The third-order valence-corrected chi connectivity index (χ3v) is 4.74. The van der Waals surface area contributed by atoms with Gasteiger partial charge >= 0.3 is 0 Å². The molecule has 5 N–H and O–H groups in total. The average Bonchev–Trinajstić information content (AvgIpc) is 2.83. The van der Waals surface area contributed by atoms with Gasteiger partial charge in [-0.05, 0) is 48.5 Å². The molecule has 8 heteroatoms. The number of rotatable bonds is 9. The zero-order valence-corrected chi connectivity index (χ0v) is 17.9. The van der Waals surface area contributed by atoms with Gasteiger partial charge in [-0.2, -0.15) is 0 Å². The summed E-state index contributed by atoms with van der Waals surface area (Å²) in [5.41, 5.74) is 13.1. The molecule has 0 spiro atoms. The molecule has 0 aliphatic carbocycles. The van der Waals surface area contributed by atoms with Crippen LogP contribution in [0.2, 0.25) is 0 Å². The molecule has 0 saturated carbocycles. The third kappa shape index (κ3) is 4.98. The molecule has 0 bridgehead atoms. The minimum Gasteiger partial charge on any atom is -0.497 e. The zero-order valence-electron chi connectivity index (χ0n) is 17.9. The molecule has 0 aromatic heterocycles. The number of methoxy groups -OCH3 is 2. The van der Waals surface area contributed by atoms with E-state index in [1.165, 1.54) is 7.11 Å². The molecule has 3 rings (SSSR count). The molecule has 0 radical (unpaired) electrons. The van der Waals surface area contributed by atoms with Crippen molar-refractivity contribution < 1.29 is 23.8 Å². The molecule has 1 amide bonds. The first-order chi connectivity index (χ1) is 15.5. The zero-order chi connectivity index (χ0) is 23.1. The van der Waals surface area contributed by atoms with Crippen molar-refractivity contribution in [3.63, 3.8) is 0 Å². The summed E-state index contributed by atoms with van der Waals surface area (Å²) in [7, 11) is 3.07. The van der Waals surface area contributed by atoms with Gasteiger partial charge in [-0.3, -0.25) is 9.59 Å². The first-order valence-electron chi connectivity index (χ1n) is 9.88. The van der Waals surface area contributed by atoms with Crippen molar-refractivity contribution in [2.75, 3.05) is 38.4 Å². The summed E-state index contributed by atoms with van der Waals surface area (Å²) in [6.45, 7) is 0.512. The van der Waals surface area contributed by atoms with E-state index < -0.39 is 5.91 Å². The van der Waals surface area contributed by atoms with Crippen LogP contribution in [0.4, 0.5) is 11.4 Å². The van der Waals surface area contributed by atoms with Crippen LogP contribution >= 0.6 is 0 Å². The number of carbonyl (C=O) groups is 2. The number of benzene rings is 3. The molecule has 0 unspecified atom stereocenters. The molecular weight excluding hydrogens is 410 g/mol. The van der Waals surface area contributed by atoms with Gasteiger partial charge in [-0.1, -0.05) is 6.07 Å². The first kappa shape index (κ1) is 22.6. The monoisotopic (exact) mass is 435 g/mol. The van der Waals surface area contributed by atoms with Gasteiger partial charge in [0.1, 0.15) is 23.9 Å². The van der Waals surface area contributed by atoms with Crippen molar-refractivity contribution in [3.8, 4) is 17.2 Å². The number of ether oxygens (including phenoxy) is 3. The number of nitrogen functional groups attached to an aromatic ring is 1. The highest BCUT2D eigenvalue weighted by atomic mass is 16.5. The lowest BCUT2D eigenvalue weighted by Crippen LogP contribution is -2.17. The maximum absolute atomic E-state index is 13.4. The lowest BCUT2D eigenvalue weighted by Gasteiger charge is -2.16. The van der Waals surface area contributed by atoms with Crippen molar-refractivity contribution >= 4 is 23.1 Å². The summed E-state index contributed by atoms with van der Waals surface area (Å²) in [5.74, 6) is 0.718. The van der Waals surface area contributed by atoms with Gasteiger partial charge in [-0.15, -0.1) is 0 Å². The molecular formula is C24H25N3O5. The summed E-state index contributed by atoms with van der Waals surface area (Å²) in [6, 6.07) is 16.3. The lowest BCUT2D eigenvalue weighted by molar-refractivity contribution is 0.102. The first-order valence-corrected chi connectivity index (χ1v) is 9.88. The van der Waals surface area contributed by atoms with Gasteiger partial charge < -0.3 is 31.0 Å². The number of ketones is 1. The van der Waals surface area contributed by atoms with E-state index in [1.54, 1.807) is 67.8 Å². The Labute approximate surface area is 186 Å². The second-order valence-corrected chi connectivity index (χ2v) is 6.78. The number of amides is 1. The maximum atomic E-state index is 13.4. The maximum Gasteiger partial charge on any atom is 0.255 e. The second-order valence-electron chi connectivity index (χ2n) is 6.78. The number of carbonyl (C=O) groups excluding carboxylic acids is 2. The Kier molecular flexibility index (Phi) is 7.30. The van der Waals surface area contributed by atoms with E-state index in [0.29, 0.717) is 28.4 Å². The Morgan fingerprint density at radius 3 is 2.25 bits per heavy atom. The highest BCUT2D eigenvalue weighted by Gasteiger charge is 2.21. The fourth-order valence-corrected chi connectivity index (χ4v) is 3.08. The van der Waals surface area contributed by atoms with Crippen molar-refractivity contribution in [2.45, 2.75) is 0 Å². The minimum absolute atomic E-state index is 0.221. The standard InChI is InChI=1S/C24H25N3O5/c1-30-16-8-6-15(7-9-16)24(29)27-22-19(4-3-5-20(22)26)23(28)18-11-10-17(31-2)14-21(18)32-13-12-25/h3-11,14H,12-13,25-26H2,1-2H3,(H,27,29). The lowest BCUT2D eigenvalue weighted by atomic mass is 9.99. The Bertz CT molecular complexity index is 1110. The molecule has 0 heterocycles. The van der Waals surface area contributed by atoms with Crippen molar-refractivity contribution in [3.05, 3.63) is 77.4 Å². The van der Waals surface area contributed by atoms with E-state index in [9.17, 15) is 9.59 Å². The van der Waals surface area contributed by atoms with Crippen LogP contribution in [0.5, 0.6) is 17.2 Å². The third-order valence-electron chi connectivity index (χ3n) is 4.74. The van der Waals surface area contributed by atoms with Gasteiger partial charge in [0.25, 0.3) is 5.91 Å².